The maximum Gasteiger partial charge on any atom is 0.404 e. The first-order valence-electron chi connectivity index (χ1n) is 13.1. The number of carboxylic acid groups (broad SMARTS) is 1. The molecule has 1 heterocycles. The smallest absolute Gasteiger partial charge is 0.404 e. The number of halogens is 3. The molecule has 3 rings (SSSR count). The molecular formula is C26H39ClF2N4O4. The van der Waals surface area contributed by atoms with Crippen LogP contribution in [0.25, 0.3) is 0 Å². The summed E-state index contributed by atoms with van der Waals surface area (Å²) in [4.78, 5) is 25.8. The first kappa shape index (κ1) is 29.4. The molecule has 4 N–H and O–H groups in total. The number of alkyl halides is 1. The molecule has 1 aliphatic carbocycles. The molecule has 3 amide bonds. The van der Waals surface area contributed by atoms with Crippen LogP contribution in [0.2, 0.25) is 5.02 Å². The van der Waals surface area contributed by atoms with Crippen molar-refractivity contribution in [3.8, 4) is 0 Å². The molecule has 0 radical (unpaired) electrons. The van der Waals surface area contributed by atoms with Gasteiger partial charge in [0.05, 0.1) is 17.7 Å². The number of hydrogen-bond donors (Lipinski definition) is 4. The number of piperidine rings is 1. The van der Waals surface area contributed by atoms with Gasteiger partial charge < -0.3 is 30.7 Å². The van der Waals surface area contributed by atoms with Gasteiger partial charge in [-0.25, -0.2) is 18.4 Å². The van der Waals surface area contributed by atoms with Gasteiger partial charge in [-0.1, -0.05) is 23.7 Å². The van der Waals surface area contributed by atoms with E-state index < -0.39 is 24.2 Å². The SMILES string of the molecule is CNC[C@H](CC1CCC(F)CC1)NC(=O)N1CCC[C@@H]([C@@H](OCCNC(=O)O)c2cccc(Cl)c2F)C1. The summed E-state index contributed by atoms with van der Waals surface area (Å²) in [6.45, 7) is 1.67. The highest BCUT2D eigenvalue weighted by Crippen LogP contribution is 2.36. The number of likely N-dealkylation sites (N-methyl/N-ethyl adjacent to an activating group) is 1. The third-order valence-corrected chi connectivity index (χ3v) is 7.60. The van der Waals surface area contributed by atoms with E-state index in [4.69, 9.17) is 21.4 Å². The summed E-state index contributed by atoms with van der Waals surface area (Å²) in [7, 11) is 1.84. The lowest BCUT2D eigenvalue weighted by Crippen LogP contribution is -2.52. The maximum atomic E-state index is 15.0. The van der Waals surface area contributed by atoms with Gasteiger partial charge in [-0.05, 0) is 64.0 Å². The number of ether oxygens (including phenoxy) is 1. The van der Waals surface area contributed by atoms with Crippen LogP contribution in [0.3, 0.4) is 0 Å². The minimum Gasteiger partial charge on any atom is -0.465 e. The van der Waals surface area contributed by atoms with Crippen LogP contribution in [-0.4, -0.2) is 74.2 Å². The summed E-state index contributed by atoms with van der Waals surface area (Å²) in [5.74, 6) is -0.373. The van der Waals surface area contributed by atoms with E-state index in [1.807, 2.05) is 7.05 Å². The van der Waals surface area contributed by atoms with Gasteiger partial charge in [0.25, 0.3) is 0 Å². The second kappa shape index (κ2) is 14.7. The lowest BCUT2D eigenvalue weighted by atomic mass is 9.84. The first-order chi connectivity index (χ1) is 17.8. The molecule has 0 unspecified atom stereocenters. The molecule has 37 heavy (non-hydrogen) atoms. The average molecular weight is 545 g/mol. The van der Waals surface area contributed by atoms with Crippen LogP contribution in [-0.2, 0) is 4.74 Å². The molecule has 1 saturated carbocycles. The zero-order chi connectivity index (χ0) is 26.8. The average Bonchev–Trinajstić information content (AvgIpc) is 2.87. The number of nitrogens with zero attached hydrogens (tertiary/aromatic N) is 1. The Kier molecular flexibility index (Phi) is 11.7. The molecule has 1 aromatic carbocycles. The van der Waals surface area contributed by atoms with Crippen molar-refractivity contribution in [2.75, 3.05) is 39.8 Å². The minimum absolute atomic E-state index is 0.0168. The van der Waals surface area contributed by atoms with Crippen LogP contribution in [0, 0.1) is 17.7 Å². The van der Waals surface area contributed by atoms with E-state index in [1.54, 1.807) is 17.0 Å². The monoisotopic (exact) mass is 544 g/mol. The minimum atomic E-state index is -1.16. The Morgan fingerprint density at radius 3 is 2.70 bits per heavy atom. The van der Waals surface area contributed by atoms with Crippen LogP contribution < -0.4 is 16.0 Å². The van der Waals surface area contributed by atoms with Crippen molar-refractivity contribution in [3.05, 3.63) is 34.6 Å². The Labute approximate surface area is 222 Å². The summed E-state index contributed by atoms with van der Waals surface area (Å²) in [6, 6.07) is 4.48. The van der Waals surface area contributed by atoms with Crippen molar-refractivity contribution >= 4 is 23.7 Å². The van der Waals surface area contributed by atoms with Crippen LogP contribution >= 0.6 is 11.6 Å². The van der Waals surface area contributed by atoms with Crippen molar-refractivity contribution in [1.82, 2.24) is 20.9 Å². The van der Waals surface area contributed by atoms with E-state index in [9.17, 15) is 18.4 Å². The van der Waals surface area contributed by atoms with E-state index in [1.165, 1.54) is 6.07 Å². The second-order valence-electron chi connectivity index (χ2n) is 10.1. The summed E-state index contributed by atoms with van der Waals surface area (Å²) in [6.07, 6.45) is 2.53. The molecule has 1 aromatic rings. The van der Waals surface area contributed by atoms with Crippen LogP contribution in [0.4, 0.5) is 18.4 Å². The Morgan fingerprint density at radius 2 is 2.00 bits per heavy atom. The van der Waals surface area contributed by atoms with Gasteiger partial charge in [0.1, 0.15) is 12.0 Å². The number of rotatable bonds is 11. The highest BCUT2D eigenvalue weighted by molar-refractivity contribution is 6.30. The van der Waals surface area contributed by atoms with Crippen LogP contribution in [0.5, 0.6) is 0 Å². The number of benzene rings is 1. The zero-order valence-electron chi connectivity index (χ0n) is 21.4. The van der Waals surface area contributed by atoms with E-state index in [2.05, 4.69) is 16.0 Å². The van der Waals surface area contributed by atoms with Gasteiger partial charge in [-0.2, -0.15) is 0 Å². The largest absolute Gasteiger partial charge is 0.465 e. The molecule has 3 atom stereocenters. The zero-order valence-corrected chi connectivity index (χ0v) is 22.1. The van der Waals surface area contributed by atoms with Crippen molar-refractivity contribution < 1.29 is 28.2 Å². The predicted molar refractivity (Wildman–Crippen MR) is 138 cm³/mol. The molecule has 0 bridgehead atoms. The van der Waals surface area contributed by atoms with Crippen molar-refractivity contribution in [3.63, 3.8) is 0 Å². The summed E-state index contributed by atoms with van der Waals surface area (Å²) in [5, 5.41) is 17.4. The fraction of sp³-hybridized carbons (Fsp3) is 0.692. The normalized spacial score (nSPS) is 23.8. The van der Waals surface area contributed by atoms with Crippen molar-refractivity contribution in [2.24, 2.45) is 11.8 Å². The predicted octanol–water partition coefficient (Wildman–Crippen LogP) is 4.73. The van der Waals surface area contributed by atoms with Gasteiger partial charge in [0.2, 0.25) is 0 Å². The number of likely N-dealkylation sites (tertiary alicyclic amines) is 1. The van der Waals surface area contributed by atoms with Gasteiger partial charge in [0, 0.05) is 43.7 Å². The Bertz CT molecular complexity index is 888. The molecule has 11 heteroatoms. The van der Waals surface area contributed by atoms with Crippen molar-refractivity contribution in [2.45, 2.75) is 63.3 Å². The summed E-state index contributed by atoms with van der Waals surface area (Å²) < 4.78 is 34.5. The molecule has 2 aliphatic rings. The summed E-state index contributed by atoms with van der Waals surface area (Å²) in [5.41, 5.74) is 0.298. The molecule has 1 saturated heterocycles. The lowest BCUT2D eigenvalue weighted by Gasteiger charge is -2.38. The third-order valence-electron chi connectivity index (χ3n) is 7.31. The maximum absolute atomic E-state index is 15.0. The molecule has 1 aliphatic heterocycles. The highest BCUT2D eigenvalue weighted by Gasteiger charge is 2.34. The second-order valence-corrected chi connectivity index (χ2v) is 10.5. The number of nitrogens with one attached hydrogen (secondary N) is 3. The Morgan fingerprint density at radius 1 is 1.24 bits per heavy atom. The lowest BCUT2D eigenvalue weighted by molar-refractivity contribution is -0.0104. The van der Waals surface area contributed by atoms with Gasteiger partial charge in [-0.15, -0.1) is 0 Å². The summed E-state index contributed by atoms with van der Waals surface area (Å²) >= 11 is 6.03. The number of carbonyl (C=O) groups excluding carboxylic acids is 1. The van der Waals surface area contributed by atoms with E-state index in [0.717, 1.165) is 32.1 Å². The van der Waals surface area contributed by atoms with Crippen LogP contribution in [0.15, 0.2) is 18.2 Å². The third kappa shape index (κ3) is 8.97. The van der Waals surface area contributed by atoms with E-state index in [0.29, 0.717) is 44.0 Å². The molecule has 0 aromatic heterocycles. The molecule has 2 fully saturated rings. The Hall–Kier alpha value is -2.17. The number of urea groups is 1. The quantitative estimate of drug-likeness (QED) is 0.302. The van der Waals surface area contributed by atoms with Gasteiger partial charge in [0.15, 0.2) is 0 Å². The Balaban J connectivity index is 1.65. The highest BCUT2D eigenvalue weighted by atomic mass is 35.5. The standard InChI is InChI=1S/C26H39ClF2N4O4/c1-30-15-20(14-17-7-9-19(28)10-8-17)32-25(34)33-12-3-4-18(16-33)24(37-13-11-31-26(35)36)21-5-2-6-22(27)23(21)29/h2,5-6,17-20,24,30-31H,3-4,7-16H2,1H3,(H,32,34)(H,35,36)/t17?,18-,19?,20+,24-/m1/s1. The first-order valence-corrected chi connectivity index (χ1v) is 13.5. The van der Waals surface area contributed by atoms with E-state index in [-0.39, 0.29) is 36.2 Å². The molecular weight excluding hydrogens is 506 g/mol. The fourth-order valence-electron chi connectivity index (χ4n) is 5.47. The van der Waals surface area contributed by atoms with Gasteiger partial charge >= 0.3 is 12.1 Å². The number of hydrogen-bond acceptors (Lipinski definition) is 4. The number of carbonyl (C=O) groups is 2. The fourth-order valence-corrected chi connectivity index (χ4v) is 5.65. The molecule has 8 nitrogen and oxygen atoms in total. The molecule has 208 valence electrons. The molecule has 0 spiro atoms. The number of amides is 3. The van der Waals surface area contributed by atoms with Gasteiger partial charge in [-0.3, -0.25) is 0 Å². The van der Waals surface area contributed by atoms with E-state index >= 15 is 0 Å². The van der Waals surface area contributed by atoms with Crippen molar-refractivity contribution in [1.29, 1.82) is 0 Å². The van der Waals surface area contributed by atoms with Crippen LogP contribution in [0.1, 0.15) is 56.6 Å². The topological polar surface area (TPSA) is 103 Å².